The first-order valence-corrected chi connectivity index (χ1v) is 7.99. The second-order valence-corrected chi connectivity index (χ2v) is 6.31. The number of piperidine rings is 1. The second-order valence-electron chi connectivity index (χ2n) is 6.31. The van der Waals surface area contributed by atoms with Gasteiger partial charge in [0.1, 0.15) is 11.4 Å². The van der Waals surface area contributed by atoms with Crippen molar-refractivity contribution >= 4 is 17.4 Å². The van der Waals surface area contributed by atoms with Crippen LogP contribution in [-0.4, -0.2) is 48.9 Å². The van der Waals surface area contributed by atoms with Crippen molar-refractivity contribution in [3.8, 4) is 5.75 Å². The normalized spacial score (nSPS) is 22.1. The number of rotatable bonds is 3. The Morgan fingerprint density at radius 3 is 2.43 bits per heavy atom. The van der Waals surface area contributed by atoms with E-state index in [1.807, 2.05) is 24.3 Å². The standard InChI is InChI=1S/C18H22N2O3/c1-12-5-4-10-20(11-12)16-15(17(21)19(2)18(16)22)13-6-8-14(23-3)9-7-13/h6-9,12H,4-5,10-11H2,1-3H3. The predicted molar refractivity (Wildman–Crippen MR) is 87.7 cm³/mol. The van der Waals surface area contributed by atoms with Crippen LogP contribution in [0.25, 0.3) is 5.57 Å². The molecule has 2 aliphatic rings. The first kappa shape index (κ1) is 15.6. The van der Waals surface area contributed by atoms with Crippen LogP contribution in [0.15, 0.2) is 30.0 Å². The fourth-order valence-corrected chi connectivity index (χ4v) is 3.33. The highest BCUT2D eigenvalue weighted by Crippen LogP contribution is 2.33. The van der Waals surface area contributed by atoms with Crippen molar-refractivity contribution in [2.24, 2.45) is 5.92 Å². The largest absolute Gasteiger partial charge is 0.497 e. The zero-order valence-electron chi connectivity index (χ0n) is 13.8. The van der Waals surface area contributed by atoms with Crippen molar-refractivity contribution in [2.75, 3.05) is 27.2 Å². The Balaban J connectivity index is 2.05. The summed E-state index contributed by atoms with van der Waals surface area (Å²) in [6.45, 7) is 3.83. The number of hydrogen-bond donors (Lipinski definition) is 0. The molecular formula is C18H22N2O3. The number of ether oxygens (including phenoxy) is 1. The monoisotopic (exact) mass is 314 g/mol. The molecule has 0 bridgehead atoms. The number of carbonyl (C=O) groups is 2. The maximum atomic E-state index is 12.6. The van der Waals surface area contributed by atoms with Gasteiger partial charge in [0.25, 0.3) is 11.8 Å². The minimum atomic E-state index is -0.228. The van der Waals surface area contributed by atoms with Crippen molar-refractivity contribution in [2.45, 2.75) is 19.8 Å². The van der Waals surface area contributed by atoms with Crippen LogP contribution in [0.3, 0.4) is 0 Å². The molecule has 1 aromatic rings. The van der Waals surface area contributed by atoms with E-state index in [4.69, 9.17) is 4.74 Å². The summed E-state index contributed by atoms with van der Waals surface area (Å²) in [5.41, 5.74) is 1.82. The number of hydrogen-bond acceptors (Lipinski definition) is 4. The van der Waals surface area contributed by atoms with E-state index >= 15 is 0 Å². The van der Waals surface area contributed by atoms with Gasteiger partial charge in [0.15, 0.2) is 0 Å². The van der Waals surface area contributed by atoms with Crippen molar-refractivity contribution in [3.05, 3.63) is 35.5 Å². The Morgan fingerprint density at radius 2 is 1.83 bits per heavy atom. The molecule has 0 spiro atoms. The average Bonchev–Trinajstić information content (AvgIpc) is 2.79. The van der Waals surface area contributed by atoms with E-state index < -0.39 is 0 Å². The third-order valence-corrected chi connectivity index (χ3v) is 4.61. The third-order valence-electron chi connectivity index (χ3n) is 4.61. The molecule has 5 nitrogen and oxygen atoms in total. The van der Waals surface area contributed by atoms with Crippen LogP contribution < -0.4 is 4.74 Å². The molecule has 2 amide bonds. The fraction of sp³-hybridized carbons (Fsp3) is 0.444. The Bertz CT molecular complexity index is 663. The van der Waals surface area contributed by atoms with Crippen LogP contribution >= 0.6 is 0 Å². The molecule has 1 unspecified atom stereocenters. The number of benzene rings is 1. The summed E-state index contributed by atoms with van der Waals surface area (Å²) >= 11 is 0. The number of methoxy groups -OCH3 is 1. The van der Waals surface area contributed by atoms with Gasteiger partial charge in [-0.05, 0) is 36.5 Å². The number of amides is 2. The van der Waals surface area contributed by atoms with E-state index in [2.05, 4.69) is 11.8 Å². The third kappa shape index (κ3) is 2.71. The highest BCUT2D eigenvalue weighted by Gasteiger charge is 2.40. The number of carbonyl (C=O) groups excluding carboxylic acids is 2. The van der Waals surface area contributed by atoms with Crippen LogP contribution in [0.5, 0.6) is 5.75 Å². The lowest BCUT2D eigenvalue weighted by Gasteiger charge is -2.33. The van der Waals surface area contributed by atoms with Gasteiger partial charge in [0.05, 0.1) is 12.7 Å². The van der Waals surface area contributed by atoms with Gasteiger partial charge in [-0.25, -0.2) is 0 Å². The van der Waals surface area contributed by atoms with Gasteiger partial charge in [-0.15, -0.1) is 0 Å². The SMILES string of the molecule is COc1ccc(C2=C(N3CCCC(C)C3)C(=O)N(C)C2=O)cc1. The number of likely N-dealkylation sites (tertiary alicyclic amines) is 1. The van der Waals surface area contributed by atoms with Crippen molar-refractivity contribution in [3.63, 3.8) is 0 Å². The molecule has 23 heavy (non-hydrogen) atoms. The van der Waals surface area contributed by atoms with Crippen LogP contribution in [0.4, 0.5) is 0 Å². The van der Waals surface area contributed by atoms with Gasteiger partial charge in [0, 0.05) is 20.1 Å². The lowest BCUT2D eigenvalue weighted by Crippen LogP contribution is -2.38. The quantitative estimate of drug-likeness (QED) is 0.802. The van der Waals surface area contributed by atoms with Gasteiger partial charge >= 0.3 is 0 Å². The minimum absolute atomic E-state index is 0.199. The summed E-state index contributed by atoms with van der Waals surface area (Å²) in [4.78, 5) is 28.5. The Morgan fingerprint density at radius 1 is 1.13 bits per heavy atom. The Hall–Kier alpha value is -2.30. The molecule has 3 rings (SSSR count). The van der Waals surface area contributed by atoms with E-state index in [1.165, 1.54) is 11.3 Å². The van der Waals surface area contributed by atoms with E-state index in [0.717, 1.165) is 30.8 Å². The molecule has 5 heteroatoms. The Labute approximate surface area is 136 Å². The molecule has 1 saturated heterocycles. The molecule has 2 aliphatic heterocycles. The highest BCUT2D eigenvalue weighted by atomic mass is 16.5. The zero-order valence-corrected chi connectivity index (χ0v) is 13.8. The van der Waals surface area contributed by atoms with Crippen molar-refractivity contribution in [1.29, 1.82) is 0 Å². The summed E-state index contributed by atoms with van der Waals surface area (Å²) < 4.78 is 5.17. The number of likely N-dealkylation sites (N-methyl/N-ethyl adjacent to an activating group) is 1. The smallest absolute Gasteiger partial charge is 0.277 e. The lowest BCUT2D eigenvalue weighted by atomic mass is 9.98. The molecule has 1 fully saturated rings. The molecule has 1 atom stereocenters. The van der Waals surface area contributed by atoms with E-state index in [0.29, 0.717) is 17.2 Å². The van der Waals surface area contributed by atoms with Crippen molar-refractivity contribution in [1.82, 2.24) is 9.80 Å². The molecule has 0 N–H and O–H groups in total. The molecule has 0 saturated carbocycles. The molecule has 2 heterocycles. The van der Waals surface area contributed by atoms with Crippen LogP contribution in [0, 0.1) is 5.92 Å². The lowest BCUT2D eigenvalue weighted by molar-refractivity contribution is -0.136. The van der Waals surface area contributed by atoms with E-state index in [1.54, 1.807) is 14.2 Å². The van der Waals surface area contributed by atoms with E-state index in [9.17, 15) is 9.59 Å². The predicted octanol–water partition coefficient (Wildman–Crippen LogP) is 2.14. The molecule has 122 valence electrons. The first-order valence-electron chi connectivity index (χ1n) is 7.99. The first-order chi connectivity index (χ1) is 11.0. The maximum absolute atomic E-state index is 12.6. The molecule has 0 aliphatic carbocycles. The van der Waals surface area contributed by atoms with Crippen LogP contribution in [0.1, 0.15) is 25.3 Å². The molecule has 0 aromatic heterocycles. The van der Waals surface area contributed by atoms with Gasteiger partial charge < -0.3 is 9.64 Å². The van der Waals surface area contributed by atoms with E-state index in [-0.39, 0.29) is 11.8 Å². The minimum Gasteiger partial charge on any atom is -0.497 e. The molecule has 0 radical (unpaired) electrons. The van der Waals surface area contributed by atoms with Crippen LogP contribution in [-0.2, 0) is 9.59 Å². The topological polar surface area (TPSA) is 49.9 Å². The average molecular weight is 314 g/mol. The molecular weight excluding hydrogens is 292 g/mol. The summed E-state index contributed by atoms with van der Waals surface area (Å²) in [7, 11) is 3.15. The number of nitrogens with zero attached hydrogens (tertiary/aromatic N) is 2. The van der Waals surface area contributed by atoms with Crippen molar-refractivity contribution < 1.29 is 14.3 Å². The molecule has 1 aromatic carbocycles. The summed E-state index contributed by atoms with van der Waals surface area (Å²) in [5.74, 6) is 0.832. The summed E-state index contributed by atoms with van der Waals surface area (Å²) in [6, 6.07) is 7.31. The van der Waals surface area contributed by atoms with Crippen LogP contribution in [0.2, 0.25) is 0 Å². The second kappa shape index (κ2) is 6.07. The fourth-order valence-electron chi connectivity index (χ4n) is 3.33. The van der Waals surface area contributed by atoms with Gasteiger partial charge in [-0.1, -0.05) is 19.1 Å². The summed E-state index contributed by atoms with van der Waals surface area (Å²) in [6.07, 6.45) is 2.21. The van der Waals surface area contributed by atoms with Gasteiger partial charge in [-0.2, -0.15) is 0 Å². The van der Waals surface area contributed by atoms with Gasteiger partial charge in [-0.3, -0.25) is 14.5 Å². The zero-order chi connectivity index (χ0) is 16.6. The maximum Gasteiger partial charge on any atom is 0.277 e. The highest BCUT2D eigenvalue weighted by molar-refractivity contribution is 6.35. The summed E-state index contributed by atoms with van der Waals surface area (Å²) in [5, 5.41) is 0. The number of imide groups is 1. The Kier molecular flexibility index (Phi) is 4.11. The van der Waals surface area contributed by atoms with Gasteiger partial charge in [0.2, 0.25) is 0 Å².